The molecule has 0 radical (unpaired) electrons. The number of rotatable bonds is 10. The van der Waals surface area contributed by atoms with Crippen LogP contribution in [-0.2, 0) is 0 Å². The van der Waals surface area contributed by atoms with Crippen molar-refractivity contribution >= 4 is 0 Å². The average molecular weight is 431 g/mol. The van der Waals surface area contributed by atoms with Gasteiger partial charge in [0.1, 0.15) is 0 Å². The van der Waals surface area contributed by atoms with Gasteiger partial charge >= 0.3 is 0 Å². The van der Waals surface area contributed by atoms with Crippen molar-refractivity contribution < 1.29 is 0 Å². The Morgan fingerprint density at radius 2 is 1.53 bits per heavy atom. The highest BCUT2D eigenvalue weighted by atomic mass is 14.3. The van der Waals surface area contributed by atoms with Crippen LogP contribution in [0.25, 0.3) is 0 Å². The smallest absolute Gasteiger partial charge is 0.0104 e. The summed E-state index contributed by atoms with van der Waals surface area (Å²) in [6.07, 6.45) is 33.4. The molecule has 1 rings (SSSR count). The fraction of sp³-hybridized carbons (Fsp3) is 0.438. The van der Waals surface area contributed by atoms with Crippen LogP contribution >= 0.6 is 0 Å². The summed E-state index contributed by atoms with van der Waals surface area (Å²) in [5.41, 5.74) is 7.21. The fourth-order valence-electron chi connectivity index (χ4n) is 3.99. The zero-order valence-corrected chi connectivity index (χ0v) is 21.9. The molecule has 0 saturated heterocycles. The minimum absolute atomic E-state index is 0.306. The minimum Gasteiger partial charge on any atom is -0.0874 e. The number of hydrogen-bond acceptors (Lipinski definition) is 0. The Balaban J connectivity index is 2.54. The molecule has 0 aromatic rings. The number of allylic oxidation sites excluding steroid dienone is 18. The maximum absolute atomic E-state index is 2.37. The van der Waals surface area contributed by atoms with Crippen molar-refractivity contribution in [1.82, 2.24) is 0 Å². The van der Waals surface area contributed by atoms with Gasteiger partial charge in [-0.15, -0.1) is 0 Å². The van der Waals surface area contributed by atoms with E-state index in [0.717, 1.165) is 6.42 Å². The first-order valence-corrected chi connectivity index (χ1v) is 12.2. The van der Waals surface area contributed by atoms with E-state index in [0.29, 0.717) is 11.3 Å². The van der Waals surface area contributed by atoms with E-state index in [9.17, 15) is 0 Å². The molecule has 32 heavy (non-hydrogen) atoms. The van der Waals surface area contributed by atoms with Gasteiger partial charge in [-0.05, 0) is 77.2 Å². The topological polar surface area (TPSA) is 0 Å². The number of hydrogen-bond donors (Lipinski definition) is 0. The molecule has 0 N–H and O–H groups in total. The zero-order chi connectivity index (χ0) is 24.0. The van der Waals surface area contributed by atoms with Crippen molar-refractivity contribution in [2.24, 2.45) is 11.3 Å². The molecule has 174 valence electrons. The molecule has 0 saturated carbocycles. The van der Waals surface area contributed by atoms with Gasteiger partial charge in [-0.3, -0.25) is 0 Å². The molecule has 0 nitrogen and oxygen atoms in total. The lowest BCUT2D eigenvalue weighted by Crippen LogP contribution is -2.19. The third-order valence-electron chi connectivity index (χ3n) is 6.00. The first-order chi connectivity index (χ1) is 15.2. The Bertz CT molecular complexity index is 854. The molecule has 1 atom stereocenters. The molecule has 0 aliphatic heterocycles. The van der Waals surface area contributed by atoms with Gasteiger partial charge in [0.2, 0.25) is 0 Å². The van der Waals surface area contributed by atoms with Crippen LogP contribution in [0.4, 0.5) is 0 Å². The highest BCUT2D eigenvalue weighted by Gasteiger charge is 2.26. The molecule has 0 spiro atoms. The molecule has 0 amide bonds. The van der Waals surface area contributed by atoms with Gasteiger partial charge in [0, 0.05) is 0 Å². The quantitative estimate of drug-likeness (QED) is 0.302. The van der Waals surface area contributed by atoms with Gasteiger partial charge in [0.25, 0.3) is 0 Å². The van der Waals surface area contributed by atoms with Crippen molar-refractivity contribution in [3.8, 4) is 0 Å². The highest BCUT2D eigenvalue weighted by molar-refractivity contribution is 5.36. The van der Waals surface area contributed by atoms with Gasteiger partial charge in [0.15, 0.2) is 0 Å². The summed E-state index contributed by atoms with van der Waals surface area (Å²) in [5, 5.41) is 0. The molecule has 1 aliphatic rings. The maximum Gasteiger partial charge on any atom is -0.0104 e. The van der Waals surface area contributed by atoms with Crippen molar-refractivity contribution in [1.29, 1.82) is 0 Å². The predicted octanol–water partition coefficient (Wildman–Crippen LogP) is 10.2. The Labute approximate surface area is 199 Å². The van der Waals surface area contributed by atoms with Gasteiger partial charge < -0.3 is 0 Å². The summed E-state index contributed by atoms with van der Waals surface area (Å²) in [6, 6.07) is 0. The zero-order valence-electron chi connectivity index (χ0n) is 21.9. The summed E-state index contributed by atoms with van der Waals surface area (Å²) < 4.78 is 0. The molecule has 0 heteroatoms. The van der Waals surface area contributed by atoms with Crippen LogP contribution < -0.4 is 0 Å². The molecule has 0 fully saturated rings. The Hall–Kier alpha value is -2.34. The Morgan fingerprint density at radius 1 is 0.906 bits per heavy atom. The van der Waals surface area contributed by atoms with Crippen molar-refractivity contribution in [2.45, 2.75) is 81.1 Å². The Kier molecular flexibility index (Phi) is 12.7. The molecule has 0 aromatic heterocycles. The van der Waals surface area contributed by atoms with E-state index in [4.69, 9.17) is 0 Å². The lowest BCUT2D eigenvalue weighted by Gasteiger charge is -2.32. The second-order valence-electron chi connectivity index (χ2n) is 9.88. The summed E-state index contributed by atoms with van der Waals surface area (Å²) in [7, 11) is 0. The molecule has 0 aromatic carbocycles. The van der Waals surface area contributed by atoms with Crippen LogP contribution in [0.5, 0.6) is 0 Å². The first-order valence-electron chi connectivity index (χ1n) is 12.2. The summed E-state index contributed by atoms with van der Waals surface area (Å²) >= 11 is 0. The SMILES string of the molecule is C/C=C/C(C)=C/C=C/C(C)=C/C=C/C[C@@H](C)/C=C/C=C(C)\C=C\C1=C(C)CCCC1(C)C. The van der Waals surface area contributed by atoms with Crippen LogP contribution in [0.2, 0.25) is 0 Å². The minimum atomic E-state index is 0.306. The van der Waals surface area contributed by atoms with Crippen LogP contribution in [0.3, 0.4) is 0 Å². The third-order valence-corrected chi connectivity index (χ3v) is 6.00. The molecule has 0 bridgehead atoms. The van der Waals surface area contributed by atoms with Gasteiger partial charge in [-0.25, -0.2) is 0 Å². The van der Waals surface area contributed by atoms with E-state index in [2.05, 4.69) is 127 Å². The van der Waals surface area contributed by atoms with E-state index >= 15 is 0 Å². The van der Waals surface area contributed by atoms with Crippen molar-refractivity contribution in [3.63, 3.8) is 0 Å². The van der Waals surface area contributed by atoms with E-state index in [1.165, 1.54) is 41.6 Å². The summed E-state index contributed by atoms with van der Waals surface area (Å²) in [5.74, 6) is 0.525. The molecule has 0 heterocycles. The lowest BCUT2D eigenvalue weighted by molar-refractivity contribution is 0.377. The molecular formula is C32H46. The standard InChI is InChI=1S/C32H46/c1-9-15-26(2)18-12-19-27(3)16-10-11-17-28(4)20-13-21-29(5)23-24-31-30(6)22-14-25-32(31,7)8/h9-13,15-16,18-21,23-24,28H,14,17,22,25H2,1-8H3/b11-10+,15-9+,19-12+,20-13+,24-23+,26-18+,27-16+,29-21-/t28-/m1/s1. The molecular weight excluding hydrogens is 384 g/mol. The highest BCUT2D eigenvalue weighted by Crippen LogP contribution is 2.40. The molecule has 0 unspecified atom stereocenters. The summed E-state index contributed by atoms with van der Waals surface area (Å²) in [4.78, 5) is 0. The van der Waals surface area contributed by atoms with Crippen LogP contribution in [0.1, 0.15) is 81.1 Å². The fourth-order valence-corrected chi connectivity index (χ4v) is 3.99. The first kappa shape index (κ1) is 27.7. The summed E-state index contributed by atoms with van der Waals surface area (Å²) in [6.45, 7) is 17.8. The average Bonchev–Trinajstić information content (AvgIpc) is 2.70. The van der Waals surface area contributed by atoms with E-state index < -0.39 is 0 Å². The second kappa shape index (κ2) is 14.7. The van der Waals surface area contributed by atoms with Crippen LogP contribution in [-0.4, -0.2) is 0 Å². The Morgan fingerprint density at radius 3 is 2.22 bits per heavy atom. The normalized spacial score (nSPS) is 20.2. The van der Waals surface area contributed by atoms with Gasteiger partial charge in [-0.1, -0.05) is 122 Å². The second-order valence-corrected chi connectivity index (χ2v) is 9.88. The monoisotopic (exact) mass is 430 g/mol. The lowest BCUT2D eigenvalue weighted by atomic mass is 9.72. The van der Waals surface area contributed by atoms with Crippen LogP contribution in [0, 0.1) is 11.3 Å². The maximum atomic E-state index is 2.37. The van der Waals surface area contributed by atoms with E-state index in [1.54, 1.807) is 5.57 Å². The van der Waals surface area contributed by atoms with Gasteiger partial charge in [0.05, 0.1) is 0 Å². The third kappa shape index (κ3) is 11.3. The van der Waals surface area contributed by atoms with Gasteiger partial charge in [-0.2, -0.15) is 0 Å². The van der Waals surface area contributed by atoms with E-state index in [1.807, 2.05) is 6.92 Å². The van der Waals surface area contributed by atoms with Crippen molar-refractivity contribution in [3.05, 3.63) is 107 Å². The molecule has 1 aliphatic carbocycles. The van der Waals surface area contributed by atoms with E-state index in [-0.39, 0.29) is 0 Å². The predicted molar refractivity (Wildman–Crippen MR) is 147 cm³/mol. The van der Waals surface area contributed by atoms with Crippen LogP contribution in [0.15, 0.2) is 107 Å². The van der Waals surface area contributed by atoms with Crippen molar-refractivity contribution in [2.75, 3.05) is 0 Å². The largest absolute Gasteiger partial charge is 0.0874 e.